The molecule has 0 saturated carbocycles. The summed E-state index contributed by atoms with van der Waals surface area (Å²) in [5, 5.41) is 1.93. The lowest BCUT2D eigenvalue weighted by Gasteiger charge is -2.29. The van der Waals surface area contributed by atoms with E-state index >= 15 is 0 Å². The van der Waals surface area contributed by atoms with Gasteiger partial charge in [-0.25, -0.2) is 9.97 Å². The molecule has 0 radical (unpaired) electrons. The second-order valence-electron chi connectivity index (χ2n) is 7.63. The maximum absolute atomic E-state index is 6.41. The Morgan fingerprint density at radius 3 is 2.66 bits per heavy atom. The van der Waals surface area contributed by atoms with Gasteiger partial charge in [0, 0.05) is 35.9 Å². The standard InChI is InChI=1S/C23H18Cl2N6O/c24-17-3-1-2-15-19(4-5-26-21(15)17)31-13-28-22-16(18-12-27-23(25)29-18)10-14(11-20(22)31)30-6-8-32-9-7-30/h1-5,10-13H,6-9H2,(H,27,29). The Labute approximate surface area is 193 Å². The van der Waals surface area contributed by atoms with E-state index in [0.29, 0.717) is 23.5 Å². The fraction of sp³-hybridized carbons (Fsp3) is 0.174. The molecule has 7 nitrogen and oxygen atoms in total. The first-order valence-corrected chi connectivity index (χ1v) is 11.0. The van der Waals surface area contributed by atoms with Gasteiger partial charge in [0.1, 0.15) is 6.33 Å². The van der Waals surface area contributed by atoms with Crippen molar-refractivity contribution < 1.29 is 4.74 Å². The van der Waals surface area contributed by atoms with Crippen molar-refractivity contribution in [3.05, 3.63) is 65.4 Å². The smallest absolute Gasteiger partial charge is 0.200 e. The van der Waals surface area contributed by atoms with Gasteiger partial charge < -0.3 is 14.6 Å². The molecule has 0 unspecified atom stereocenters. The van der Waals surface area contributed by atoms with Gasteiger partial charge in [-0.1, -0.05) is 23.7 Å². The summed E-state index contributed by atoms with van der Waals surface area (Å²) < 4.78 is 7.64. The molecule has 0 atom stereocenters. The van der Waals surface area contributed by atoms with Crippen molar-refractivity contribution in [3.63, 3.8) is 0 Å². The van der Waals surface area contributed by atoms with Gasteiger partial charge >= 0.3 is 0 Å². The number of para-hydroxylation sites is 1. The summed E-state index contributed by atoms with van der Waals surface area (Å²) in [5.74, 6) is 0. The van der Waals surface area contributed by atoms with Gasteiger partial charge in [0.15, 0.2) is 5.28 Å². The average molecular weight is 465 g/mol. The lowest BCUT2D eigenvalue weighted by molar-refractivity contribution is 0.122. The summed E-state index contributed by atoms with van der Waals surface area (Å²) >= 11 is 12.5. The first-order chi connectivity index (χ1) is 15.7. The number of nitrogens with zero attached hydrogens (tertiary/aromatic N) is 5. The number of aromatic amines is 1. The van der Waals surface area contributed by atoms with Gasteiger partial charge in [-0.15, -0.1) is 0 Å². The SMILES string of the molecule is Clc1ncc(-c2cc(N3CCOCC3)cc3c2ncn3-c2ccnc3c(Cl)cccc23)[nH]1. The highest BCUT2D eigenvalue weighted by atomic mass is 35.5. The number of aromatic nitrogens is 5. The van der Waals surface area contributed by atoms with E-state index in [-0.39, 0.29) is 0 Å². The van der Waals surface area contributed by atoms with Gasteiger partial charge in [0.05, 0.1) is 52.4 Å². The number of H-pyrrole nitrogens is 1. The molecule has 5 aromatic rings. The van der Waals surface area contributed by atoms with E-state index < -0.39 is 0 Å². The topological polar surface area (TPSA) is 71.9 Å². The zero-order valence-electron chi connectivity index (χ0n) is 16.9. The van der Waals surface area contributed by atoms with Crippen molar-refractivity contribution in [1.82, 2.24) is 24.5 Å². The Morgan fingerprint density at radius 1 is 0.969 bits per heavy atom. The van der Waals surface area contributed by atoms with Crippen LogP contribution in [0.5, 0.6) is 0 Å². The molecule has 6 rings (SSSR count). The number of anilines is 1. The van der Waals surface area contributed by atoms with E-state index in [1.807, 2.05) is 30.6 Å². The number of hydrogen-bond acceptors (Lipinski definition) is 5. The van der Waals surface area contributed by atoms with Crippen LogP contribution in [0.15, 0.2) is 55.1 Å². The minimum Gasteiger partial charge on any atom is -0.378 e. The number of ether oxygens (including phenoxy) is 1. The third kappa shape index (κ3) is 3.21. The second kappa shape index (κ2) is 7.78. The van der Waals surface area contributed by atoms with Crippen molar-refractivity contribution in [2.45, 2.75) is 0 Å². The highest BCUT2D eigenvalue weighted by molar-refractivity contribution is 6.35. The van der Waals surface area contributed by atoms with Crippen LogP contribution < -0.4 is 4.90 Å². The molecule has 0 aliphatic carbocycles. The van der Waals surface area contributed by atoms with Crippen LogP contribution in [0, 0.1) is 0 Å². The number of hydrogen-bond donors (Lipinski definition) is 1. The molecule has 4 heterocycles. The molecule has 0 spiro atoms. The minimum atomic E-state index is 0.346. The molecule has 1 aliphatic rings. The molecule has 1 aliphatic heterocycles. The summed E-state index contributed by atoms with van der Waals surface area (Å²) in [6.45, 7) is 3.07. The van der Waals surface area contributed by atoms with Crippen molar-refractivity contribution in [3.8, 4) is 16.9 Å². The number of fused-ring (bicyclic) bond motifs is 2. The molecule has 0 bridgehead atoms. The zero-order chi connectivity index (χ0) is 21.7. The summed E-state index contributed by atoms with van der Waals surface area (Å²) in [6.07, 6.45) is 5.35. The van der Waals surface area contributed by atoms with Crippen molar-refractivity contribution >= 4 is 50.8 Å². The number of imidazole rings is 2. The molecule has 2 aromatic carbocycles. The maximum Gasteiger partial charge on any atom is 0.200 e. The summed E-state index contributed by atoms with van der Waals surface area (Å²) in [4.78, 5) is 18.9. The first kappa shape index (κ1) is 19.5. The predicted octanol–water partition coefficient (Wildman–Crippen LogP) is 5.11. The summed E-state index contributed by atoms with van der Waals surface area (Å²) in [5.41, 5.74) is 6.42. The molecule has 32 heavy (non-hydrogen) atoms. The highest BCUT2D eigenvalue weighted by Crippen LogP contribution is 2.35. The Hall–Kier alpha value is -3.13. The number of benzene rings is 2. The van der Waals surface area contributed by atoms with Crippen LogP contribution in [-0.2, 0) is 4.74 Å². The van der Waals surface area contributed by atoms with Crippen LogP contribution >= 0.6 is 23.2 Å². The maximum atomic E-state index is 6.41. The van der Waals surface area contributed by atoms with Crippen LogP contribution in [0.2, 0.25) is 10.3 Å². The summed E-state index contributed by atoms with van der Waals surface area (Å²) in [7, 11) is 0. The molecule has 1 fully saturated rings. The largest absolute Gasteiger partial charge is 0.378 e. The van der Waals surface area contributed by atoms with E-state index in [1.165, 1.54) is 0 Å². The number of halogens is 2. The molecule has 1 saturated heterocycles. The van der Waals surface area contributed by atoms with E-state index in [0.717, 1.165) is 57.7 Å². The van der Waals surface area contributed by atoms with Crippen LogP contribution in [0.25, 0.3) is 38.9 Å². The van der Waals surface area contributed by atoms with Crippen molar-refractivity contribution in [2.75, 3.05) is 31.2 Å². The molecule has 160 valence electrons. The minimum absolute atomic E-state index is 0.346. The van der Waals surface area contributed by atoms with Gasteiger partial charge in [0.25, 0.3) is 0 Å². The average Bonchev–Trinajstić information content (AvgIpc) is 3.45. The fourth-order valence-corrected chi connectivity index (χ4v) is 4.65. The van der Waals surface area contributed by atoms with E-state index in [9.17, 15) is 0 Å². The molecule has 3 aromatic heterocycles. The third-order valence-corrected chi connectivity index (χ3v) is 6.30. The lowest BCUT2D eigenvalue weighted by Crippen LogP contribution is -2.36. The Morgan fingerprint density at radius 2 is 1.84 bits per heavy atom. The molecule has 1 N–H and O–H groups in total. The predicted molar refractivity (Wildman–Crippen MR) is 127 cm³/mol. The van der Waals surface area contributed by atoms with E-state index in [2.05, 4.69) is 36.6 Å². The molecule has 0 amide bonds. The lowest BCUT2D eigenvalue weighted by atomic mass is 10.1. The van der Waals surface area contributed by atoms with Crippen molar-refractivity contribution in [1.29, 1.82) is 0 Å². The van der Waals surface area contributed by atoms with E-state index in [4.69, 9.17) is 32.9 Å². The molecule has 9 heteroatoms. The van der Waals surface area contributed by atoms with E-state index in [1.54, 1.807) is 12.4 Å². The summed E-state index contributed by atoms with van der Waals surface area (Å²) in [6, 6.07) is 12.1. The fourth-order valence-electron chi connectivity index (χ4n) is 4.27. The first-order valence-electron chi connectivity index (χ1n) is 10.3. The van der Waals surface area contributed by atoms with Gasteiger partial charge in [-0.05, 0) is 35.9 Å². The van der Waals surface area contributed by atoms with Crippen LogP contribution in [-0.4, -0.2) is 50.8 Å². The third-order valence-electron chi connectivity index (χ3n) is 5.81. The monoisotopic (exact) mass is 464 g/mol. The van der Waals surface area contributed by atoms with Gasteiger partial charge in [-0.3, -0.25) is 9.55 Å². The van der Waals surface area contributed by atoms with Crippen LogP contribution in [0.1, 0.15) is 0 Å². The molecular weight excluding hydrogens is 447 g/mol. The highest BCUT2D eigenvalue weighted by Gasteiger charge is 2.19. The van der Waals surface area contributed by atoms with Crippen molar-refractivity contribution in [2.24, 2.45) is 0 Å². The normalized spacial score (nSPS) is 14.5. The molecular formula is C23H18Cl2N6O. The van der Waals surface area contributed by atoms with Crippen LogP contribution in [0.4, 0.5) is 5.69 Å². The number of pyridine rings is 1. The van der Waals surface area contributed by atoms with Crippen LogP contribution in [0.3, 0.4) is 0 Å². The Balaban J connectivity index is 1.62. The van der Waals surface area contributed by atoms with Gasteiger partial charge in [0.2, 0.25) is 0 Å². The quantitative estimate of drug-likeness (QED) is 0.401. The number of morpholine rings is 1. The number of rotatable bonds is 3. The Kier molecular flexibility index (Phi) is 4.75. The van der Waals surface area contributed by atoms with Gasteiger partial charge in [-0.2, -0.15) is 0 Å². The second-order valence-corrected chi connectivity index (χ2v) is 8.39. The Bertz CT molecular complexity index is 1450. The zero-order valence-corrected chi connectivity index (χ0v) is 18.4. The number of nitrogens with one attached hydrogen (secondary N) is 1.